The molecule has 0 N–H and O–H groups in total. The summed E-state index contributed by atoms with van der Waals surface area (Å²) in [4.78, 5) is 11.3. The van der Waals surface area contributed by atoms with Gasteiger partial charge >= 0.3 is 5.97 Å². The average Bonchev–Trinajstić information content (AvgIpc) is 2.39. The summed E-state index contributed by atoms with van der Waals surface area (Å²) in [5.41, 5.74) is 1.01. The van der Waals surface area contributed by atoms with E-state index in [0.717, 1.165) is 16.3 Å². The molecule has 0 fully saturated rings. The molecule has 19 heavy (non-hydrogen) atoms. The summed E-state index contributed by atoms with van der Waals surface area (Å²) in [5, 5.41) is 2.81. The average molecular weight is 275 g/mol. The van der Waals surface area contributed by atoms with Crippen LogP contribution in [0.2, 0.25) is 5.02 Å². The highest BCUT2D eigenvalue weighted by atomic mass is 35.5. The van der Waals surface area contributed by atoms with Crippen LogP contribution in [0.15, 0.2) is 42.5 Å². The summed E-state index contributed by atoms with van der Waals surface area (Å²) >= 11 is 6.23. The molecule has 0 bridgehead atoms. The van der Waals surface area contributed by atoms with Crippen molar-refractivity contribution in [1.29, 1.82) is 0 Å². The maximum absolute atomic E-state index is 11.3. The van der Waals surface area contributed by atoms with Gasteiger partial charge in [-0.15, -0.1) is 0 Å². The smallest absolute Gasteiger partial charge is 0.309 e. The molecule has 0 heterocycles. The highest BCUT2D eigenvalue weighted by Crippen LogP contribution is 2.27. The van der Waals surface area contributed by atoms with Crippen LogP contribution >= 0.6 is 11.6 Å². The van der Waals surface area contributed by atoms with E-state index < -0.39 is 0 Å². The maximum Gasteiger partial charge on any atom is 0.309 e. The maximum atomic E-state index is 11.3. The fraction of sp³-hybridized carbons (Fsp3) is 0.188. The molecule has 2 aromatic carbocycles. The molecule has 98 valence electrons. The van der Waals surface area contributed by atoms with Gasteiger partial charge in [-0.2, -0.15) is 0 Å². The minimum Gasteiger partial charge on any atom is -0.466 e. The van der Waals surface area contributed by atoms with Crippen molar-refractivity contribution >= 4 is 34.4 Å². The molecular formula is C16H15ClO2. The molecule has 0 aromatic heterocycles. The van der Waals surface area contributed by atoms with E-state index in [9.17, 15) is 4.79 Å². The largest absolute Gasteiger partial charge is 0.466 e. The first-order valence-electron chi connectivity index (χ1n) is 6.21. The molecule has 0 spiro atoms. The monoisotopic (exact) mass is 274 g/mol. The lowest BCUT2D eigenvalue weighted by molar-refractivity contribution is -0.142. The van der Waals surface area contributed by atoms with Crippen molar-refractivity contribution in [1.82, 2.24) is 0 Å². The Hall–Kier alpha value is -1.80. The van der Waals surface area contributed by atoms with E-state index in [-0.39, 0.29) is 12.4 Å². The number of fused-ring (bicyclic) bond motifs is 1. The molecule has 0 amide bonds. The van der Waals surface area contributed by atoms with E-state index in [1.807, 2.05) is 42.5 Å². The van der Waals surface area contributed by atoms with E-state index in [1.54, 1.807) is 13.0 Å². The molecule has 0 aliphatic heterocycles. The van der Waals surface area contributed by atoms with Crippen LogP contribution in [-0.4, -0.2) is 12.6 Å². The Labute approximate surface area is 117 Å². The Balaban J connectivity index is 2.26. The summed E-state index contributed by atoms with van der Waals surface area (Å²) in [6, 6.07) is 11.8. The van der Waals surface area contributed by atoms with Crippen molar-refractivity contribution in [3.05, 3.63) is 53.1 Å². The van der Waals surface area contributed by atoms with Crippen molar-refractivity contribution in [2.75, 3.05) is 6.61 Å². The number of esters is 1. The molecule has 3 heteroatoms. The van der Waals surface area contributed by atoms with E-state index >= 15 is 0 Å². The third-order valence-corrected chi connectivity index (χ3v) is 3.09. The fourth-order valence-corrected chi connectivity index (χ4v) is 2.25. The first kappa shape index (κ1) is 13.6. The minimum absolute atomic E-state index is 0.218. The van der Waals surface area contributed by atoms with Gasteiger partial charge in [0.2, 0.25) is 0 Å². The van der Waals surface area contributed by atoms with Crippen molar-refractivity contribution in [3.63, 3.8) is 0 Å². The van der Waals surface area contributed by atoms with Crippen molar-refractivity contribution in [3.8, 4) is 0 Å². The van der Waals surface area contributed by atoms with Gasteiger partial charge in [-0.3, -0.25) is 4.79 Å². The van der Waals surface area contributed by atoms with Gasteiger partial charge in [0.15, 0.2) is 0 Å². The second kappa shape index (κ2) is 6.39. The molecule has 0 unspecified atom stereocenters. The Bertz CT molecular complexity index is 612. The molecule has 0 radical (unpaired) electrons. The second-order valence-corrected chi connectivity index (χ2v) is 4.50. The summed E-state index contributed by atoms with van der Waals surface area (Å²) in [6.45, 7) is 2.21. The van der Waals surface area contributed by atoms with Gasteiger partial charge in [-0.05, 0) is 23.9 Å². The van der Waals surface area contributed by atoms with Gasteiger partial charge in [0.05, 0.1) is 13.0 Å². The number of carbonyl (C=O) groups excluding carboxylic acids is 1. The SMILES string of the molecule is CCOC(=O)CC=Cc1cccc2cccc(Cl)c12. The highest BCUT2D eigenvalue weighted by Gasteiger charge is 2.02. The number of ether oxygens (including phenoxy) is 1. The second-order valence-electron chi connectivity index (χ2n) is 4.10. The third-order valence-electron chi connectivity index (χ3n) is 2.77. The van der Waals surface area contributed by atoms with Gasteiger partial charge in [0.25, 0.3) is 0 Å². The number of rotatable bonds is 4. The van der Waals surface area contributed by atoms with Gasteiger partial charge < -0.3 is 4.74 Å². The predicted octanol–water partition coefficient (Wildman–Crippen LogP) is 4.46. The van der Waals surface area contributed by atoms with Crippen molar-refractivity contribution in [2.45, 2.75) is 13.3 Å². The first-order valence-corrected chi connectivity index (χ1v) is 6.59. The van der Waals surface area contributed by atoms with Crippen molar-refractivity contribution < 1.29 is 9.53 Å². The van der Waals surface area contributed by atoms with E-state index in [4.69, 9.17) is 16.3 Å². The predicted molar refractivity (Wildman–Crippen MR) is 79.2 cm³/mol. The van der Waals surface area contributed by atoms with Crippen LogP contribution in [0.25, 0.3) is 16.8 Å². The zero-order valence-electron chi connectivity index (χ0n) is 10.7. The van der Waals surface area contributed by atoms with Gasteiger partial charge in [-0.25, -0.2) is 0 Å². The Morgan fingerprint density at radius 3 is 2.74 bits per heavy atom. The fourth-order valence-electron chi connectivity index (χ4n) is 1.96. The minimum atomic E-state index is -0.218. The number of carbonyl (C=O) groups is 1. The first-order chi connectivity index (χ1) is 9.22. The Kier molecular flexibility index (Phi) is 4.58. The Morgan fingerprint density at radius 1 is 1.26 bits per heavy atom. The molecule has 2 rings (SSSR count). The van der Waals surface area contributed by atoms with Crippen LogP contribution in [0.1, 0.15) is 18.9 Å². The summed E-state index contributed by atoms with van der Waals surface area (Å²) in [5.74, 6) is -0.218. The standard InChI is InChI=1S/C16H15ClO2/c1-2-19-15(18)11-5-9-13-7-3-6-12-8-4-10-14(17)16(12)13/h3-10H,2,11H2,1H3. The number of hydrogen-bond acceptors (Lipinski definition) is 2. The molecule has 0 aliphatic carbocycles. The van der Waals surface area contributed by atoms with Gasteiger partial charge in [-0.1, -0.05) is 54.1 Å². The van der Waals surface area contributed by atoms with Crippen molar-refractivity contribution in [2.24, 2.45) is 0 Å². The molecule has 2 aromatic rings. The molecule has 0 saturated heterocycles. The normalized spacial score (nSPS) is 11.1. The van der Waals surface area contributed by atoms with Crippen LogP contribution < -0.4 is 0 Å². The molecule has 0 saturated carbocycles. The van der Waals surface area contributed by atoms with Crippen LogP contribution in [0.3, 0.4) is 0 Å². The zero-order chi connectivity index (χ0) is 13.7. The number of benzene rings is 2. The van der Waals surface area contributed by atoms with Crippen LogP contribution in [0.5, 0.6) is 0 Å². The lowest BCUT2D eigenvalue weighted by Gasteiger charge is -2.04. The topological polar surface area (TPSA) is 26.3 Å². The molecule has 0 aliphatic rings. The van der Waals surface area contributed by atoms with Gasteiger partial charge in [0.1, 0.15) is 0 Å². The quantitative estimate of drug-likeness (QED) is 0.770. The molecule has 0 atom stereocenters. The number of hydrogen-bond donors (Lipinski definition) is 0. The van der Waals surface area contributed by atoms with Crippen LogP contribution in [0.4, 0.5) is 0 Å². The third kappa shape index (κ3) is 3.36. The van der Waals surface area contributed by atoms with E-state index in [2.05, 4.69) is 0 Å². The number of halogens is 1. The lowest BCUT2D eigenvalue weighted by Crippen LogP contribution is -2.01. The summed E-state index contributed by atoms with van der Waals surface area (Å²) < 4.78 is 4.87. The summed E-state index contributed by atoms with van der Waals surface area (Å²) in [6.07, 6.45) is 3.98. The highest BCUT2D eigenvalue weighted by molar-refractivity contribution is 6.36. The van der Waals surface area contributed by atoms with Gasteiger partial charge in [0, 0.05) is 10.4 Å². The van der Waals surface area contributed by atoms with Crippen LogP contribution in [0, 0.1) is 0 Å². The van der Waals surface area contributed by atoms with E-state index in [0.29, 0.717) is 11.6 Å². The van der Waals surface area contributed by atoms with Crippen LogP contribution in [-0.2, 0) is 9.53 Å². The molecule has 2 nitrogen and oxygen atoms in total. The molecular weight excluding hydrogens is 260 g/mol. The zero-order valence-corrected chi connectivity index (χ0v) is 11.5. The summed E-state index contributed by atoms with van der Waals surface area (Å²) in [7, 11) is 0. The lowest BCUT2D eigenvalue weighted by atomic mass is 10.0. The van der Waals surface area contributed by atoms with E-state index in [1.165, 1.54) is 0 Å². The Morgan fingerprint density at radius 2 is 2.00 bits per heavy atom.